The van der Waals surface area contributed by atoms with E-state index in [0.29, 0.717) is 24.3 Å². The van der Waals surface area contributed by atoms with Crippen molar-refractivity contribution in [2.45, 2.75) is 112 Å². The number of rotatable bonds is 9. The Morgan fingerprint density at radius 1 is 0.788 bits per heavy atom. The van der Waals surface area contributed by atoms with Gasteiger partial charge in [0.05, 0.1) is 7.18 Å². The fraction of sp³-hybridized carbons (Fsp3) is 0.581. The van der Waals surface area contributed by atoms with E-state index in [4.69, 9.17) is 0 Å². The maximum atomic E-state index is 10.6. The molecule has 2 rings (SSSR count). The second-order valence-electron chi connectivity index (χ2n) is 9.29. The molecule has 0 N–H and O–H groups in total. The Labute approximate surface area is 205 Å². The molecule has 0 atom stereocenters. The van der Waals surface area contributed by atoms with Crippen molar-refractivity contribution < 1.29 is 9.18 Å². The minimum Gasteiger partial charge on any atom is -0.300 e. The van der Waals surface area contributed by atoms with Crippen LogP contribution >= 0.6 is 0 Å². The number of benzene rings is 2. The molecule has 0 aliphatic rings. The van der Waals surface area contributed by atoms with Gasteiger partial charge in [-0.1, -0.05) is 116 Å². The summed E-state index contributed by atoms with van der Waals surface area (Å²) < 4.78 is 9.50. The summed E-state index contributed by atoms with van der Waals surface area (Å²) in [6, 6.07) is 19.7. The molecule has 0 fully saturated rings. The second-order valence-corrected chi connectivity index (χ2v) is 9.29. The molecule has 33 heavy (non-hydrogen) atoms. The molecule has 0 spiro atoms. The summed E-state index contributed by atoms with van der Waals surface area (Å²) in [4.78, 5) is 10.6. The van der Waals surface area contributed by atoms with Crippen LogP contribution in [0.25, 0.3) is 0 Å². The molecule has 0 saturated heterocycles. The zero-order chi connectivity index (χ0) is 25.7. The summed E-state index contributed by atoms with van der Waals surface area (Å²) in [6.07, 6.45) is 7.18. The fourth-order valence-electron chi connectivity index (χ4n) is 3.13. The molecule has 0 aliphatic heterocycles. The molecule has 0 aromatic heterocycles. The van der Waals surface area contributed by atoms with Gasteiger partial charge in [0, 0.05) is 12.8 Å². The van der Waals surface area contributed by atoms with Gasteiger partial charge in [0.25, 0.3) is 0 Å². The van der Waals surface area contributed by atoms with Crippen LogP contribution in [-0.4, -0.2) is 13.0 Å². The van der Waals surface area contributed by atoms with E-state index in [9.17, 15) is 9.18 Å². The molecule has 188 valence electrons. The zero-order valence-electron chi connectivity index (χ0n) is 23.0. The van der Waals surface area contributed by atoms with Gasteiger partial charge in [0.2, 0.25) is 0 Å². The van der Waals surface area contributed by atoms with Gasteiger partial charge in [0.15, 0.2) is 0 Å². The third-order valence-electron chi connectivity index (χ3n) is 5.68. The fourth-order valence-corrected chi connectivity index (χ4v) is 3.13. The number of carbonyl (C=O) groups excluding carboxylic acids is 1. The summed E-state index contributed by atoms with van der Waals surface area (Å²) >= 11 is 0. The Morgan fingerprint density at radius 3 is 1.64 bits per heavy atom. The Morgan fingerprint density at radius 2 is 1.27 bits per heavy atom. The third kappa shape index (κ3) is 16.3. The van der Waals surface area contributed by atoms with Crippen molar-refractivity contribution in [3.05, 3.63) is 71.3 Å². The van der Waals surface area contributed by atoms with Gasteiger partial charge in [-0.25, -0.2) is 0 Å². The lowest BCUT2D eigenvalue weighted by atomic mass is 9.82. The minimum atomic E-state index is 0.335. The van der Waals surface area contributed by atoms with Crippen molar-refractivity contribution in [1.82, 2.24) is 0 Å². The Kier molecular flexibility index (Phi) is 20.8. The average molecular weight is 459 g/mol. The maximum Gasteiger partial charge on any atom is 0.132 e. The minimum absolute atomic E-state index is 0.335. The van der Waals surface area contributed by atoms with Crippen LogP contribution in [0, 0.1) is 0 Å². The predicted molar refractivity (Wildman–Crippen MR) is 146 cm³/mol. The van der Waals surface area contributed by atoms with Crippen LogP contribution in [0.4, 0.5) is 4.39 Å². The first-order chi connectivity index (χ1) is 15.7. The first-order valence-corrected chi connectivity index (χ1v) is 12.8. The smallest absolute Gasteiger partial charge is 0.132 e. The molecule has 2 aromatic carbocycles. The molecule has 0 bridgehead atoms. The first kappa shape index (κ1) is 33.2. The van der Waals surface area contributed by atoms with Crippen molar-refractivity contribution >= 4 is 5.78 Å². The van der Waals surface area contributed by atoms with Crippen molar-refractivity contribution in [2.75, 3.05) is 7.18 Å². The molecule has 1 nitrogen and oxygen atoms in total. The molecule has 0 aliphatic carbocycles. The maximum absolute atomic E-state index is 10.6. The van der Waals surface area contributed by atoms with E-state index in [1.54, 1.807) is 0 Å². The molecule has 2 aromatic rings. The van der Waals surface area contributed by atoms with Crippen LogP contribution in [0.5, 0.6) is 0 Å². The van der Waals surface area contributed by atoms with Gasteiger partial charge in [-0.15, -0.1) is 0 Å². The summed E-state index contributed by atoms with van der Waals surface area (Å²) in [7, 11) is 0.500. The molecule has 0 unspecified atom stereocenters. The predicted octanol–water partition coefficient (Wildman–Crippen LogP) is 9.88. The van der Waals surface area contributed by atoms with Crippen molar-refractivity contribution in [1.29, 1.82) is 0 Å². The number of carbonyl (C=O) groups is 1. The molecule has 0 heterocycles. The van der Waals surface area contributed by atoms with E-state index in [-0.39, 0.29) is 0 Å². The molecule has 0 saturated carbocycles. The molecule has 0 radical (unpaired) electrons. The molecule has 2 heteroatoms. The van der Waals surface area contributed by atoms with Crippen LogP contribution in [0.2, 0.25) is 0 Å². The monoisotopic (exact) mass is 458 g/mol. The number of aryl methyl sites for hydroxylation is 1. The summed E-state index contributed by atoms with van der Waals surface area (Å²) in [6.45, 7) is 17.5. The SMILES string of the molecule is CCC(C)(C)c1ccccc1.CCCC(=O)CCC.CCCc1ccc(C(C)C)cc1.CF. The van der Waals surface area contributed by atoms with Crippen molar-refractivity contribution in [3.63, 3.8) is 0 Å². The average Bonchev–Trinajstić information content (AvgIpc) is 2.83. The van der Waals surface area contributed by atoms with E-state index in [1.165, 1.54) is 36.0 Å². The van der Waals surface area contributed by atoms with Crippen molar-refractivity contribution in [3.8, 4) is 0 Å². The standard InChI is InChI=1S/C12H18.C11H16.C7H14O.CH3F/c1-4-5-11-6-8-12(9-7-11)10(2)3;1-4-11(2,3)10-8-6-5-7-9-10;1-3-5-7(8)6-4-2;1-2/h6-10H,4-5H2,1-3H3;5-9H,4H2,1-3H3;3-6H2,1-2H3;1H3. The quantitative estimate of drug-likeness (QED) is 0.365. The van der Waals surface area contributed by atoms with Crippen LogP contribution in [0.3, 0.4) is 0 Å². The van der Waals surface area contributed by atoms with Crippen LogP contribution in [0.1, 0.15) is 117 Å². The number of ketones is 1. The molecular formula is C31H51FO. The second kappa shape index (κ2) is 20.6. The van der Waals surface area contributed by atoms with E-state index in [1.807, 2.05) is 13.8 Å². The highest BCUT2D eigenvalue weighted by molar-refractivity contribution is 5.78. The van der Waals surface area contributed by atoms with Gasteiger partial charge in [-0.3, -0.25) is 9.18 Å². The molecule has 0 amide bonds. The number of Topliss-reactive ketones (excluding diaryl/α,β-unsaturated/α-hetero) is 1. The van der Waals surface area contributed by atoms with Crippen LogP contribution < -0.4 is 0 Å². The summed E-state index contributed by atoms with van der Waals surface area (Å²) in [5.74, 6) is 1.07. The van der Waals surface area contributed by atoms with E-state index in [0.717, 1.165) is 25.7 Å². The van der Waals surface area contributed by atoms with Gasteiger partial charge >= 0.3 is 0 Å². The summed E-state index contributed by atoms with van der Waals surface area (Å²) in [5, 5.41) is 0. The van der Waals surface area contributed by atoms with E-state index < -0.39 is 0 Å². The summed E-state index contributed by atoms with van der Waals surface area (Å²) in [5.41, 5.74) is 4.67. The number of halogens is 1. The lowest BCUT2D eigenvalue weighted by molar-refractivity contribution is -0.119. The van der Waals surface area contributed by atoms with Gasteiger partial charge in [-0.2, -0.15) is 0 Å². The highest BCUT2D eigenvalue weighted by Gasteiger charge is 2.16. The first-order valence-electron chi connectivity index (χ1n) is 12.8. The van der Waals surface area contributed by atoms with E-state index >= 15 is 0 Å². The lowest BCUT2D eigenvalue weighted by Gasteiger charge is -2.22. The molecular weight excluding hydrogens is 407 g/mol. The van der Waals surface area contributed by atoms with Crippen LogP contribution in [0.15, 0.2) is 54.6 Å². The highest BCUT2D eigenvalue weighted by Crippen LogP contribution is 2.25. The Hall–Kier alpha value is -1.96. The van der Waals surface area contributed by atoms with Gasteiger partial charge in [-0.05, 0) is 53.7 Å². The normalized spacial score (nSPS) is 10.2. The number of alkyl halides is 1. The zero-order valence-corrected chi connectivity index (χ0v) is 23.0. The van der Waals surface area contributed by atoms with Crippen LogP contribution in [-0.2, 0) is 16.6 Å². The van der Waals surface area contributed by atoms with Gasteiger partial charge < -0.3 is 0 Å². The van der Waals surface area contributed by atoms with Crippen molar-refractivity contribution in [2.24, 2.45) is 0 Å². The van der Waals surface area contributed by atoms with Gasteiger partial charge in [0.1, 0.15) is 5.78 Å². The topological polar surface area (TPSA) is 17.1 Å². The third-order valence-corrected chi connectivity index (χ3v) is 5.68. The Bertz CT molecular complexity index is 679. The number of hydrogen-bond acceptors (Lipinski definition) is 1. The highest BCUT2D eigenvalue weighted by atomic mass is 19.1. The van der Waals surface area contributed by atoms with E-state index in [2.05, 4.69) is 96.1 Å². The Balaban J connectivity index is 0. The largest absolute Gasteiger partial charge is 0.300 e. The lowest BCUT2D eigenvalue weighted by Crippen LogP contribution is -2.14. The number of hydrogen-bond donors (Lipinski definition) is 0.